The van der Waals surface area contributed by atoms with Gasteiger partial charge in [0.15, 0.2) is 10.8 Å². The van der Waals surface area contributed by atoms with Crippen molar-refractivity contribution in [3.05, 3.63) is 53.2 Å². The van der Waals surface area contributed by atoms with E-state index in [4.69, 9.17) is 4.74 Å². The van der Waals surface area contributed by atoms with E-state index in [-0.39, 0.29) is 11.8 Å². The minimum Gasteiger partial charge on any atom is -0.497 e. The maximum absolute atomic E-state index is 13.0. The number of methoxy groups -OCH3 is 1. The molecule has 0 aliphatic carbocycles. The highest BCUT2D eigenvalue weighted by molar-refractivity contribution is 7.12. The van der Waals surface area contributed by atoms with Crippen LogP contribution in [0.15, 0.2) is 48.2 Å². The summed E-state index contributed by atoms with van der Waals surface area (Å²) in [4.78, 5) is 23.9. The average Bonchev–Trinajstić information content (AvgIpc) is 3.34. The van der Waals surface area contributed by atoms with E-state index < -0.39 is 0 Å². The molecule has 1 fully saturated rings. The van der Waals surface area contributed by atoms with Gasteiger partial charge < -0.3 is 25.4 Å². The number of nitrogens with one attached hydrogen (secondary N) is 2. The number of amides is 1. The van der Waals surface area contributed by atoms with Crippen molar-refractivity contribution < 1.29 is 14.6 Å². The number of nitrogens with zero attached hydrogens (tertiary/aromatic N) is 4. The number of hydrogen-bond donors (Lipinski definition) is 3. The zero-order chi connectivity index (χ0) is 22.8. The topological polar surface area (TPSA) is 105 Å². The van der Waals surface area contributed by atoms with Crippen LogP contribution in [0.2, 0.25) is 0 Å². The largest absolute Gasteiger partial charge is 0.497 e. The third-order valence-corrected chi connectivity index (χ3v) is 6.49. The van der Waals surface area contributed by atoms with Gasteiger partial charge in [-0.3, -0.25) is 14.3 Å². The summed E-state index contributed by atoms with van der Waals surface area (Å²) < 4.78 is 6.81. The number of rotatable bonds is 5. The Hall–Kier alpha value is -3.63. The Labute approximate surface area is 194 Å². The number of pyridine rings is 1. The highest BCUT2D eigenvalue weighted by Gasteiger charge is 2.19. The molecule has 1 aliphatic heterocycles. The Balaban J connectivity index is 1.39. The van der Waals surface area contributed by atoms with E-state index in [0.29, 0.717) is 27.6 Å². The first-order valence-corrected chi connectivity index (χ1v) is 11.6. The van der Waals surface area contributed by atoms with Gasteiger partial charge in [-0.15, -0.1) is 11.3 Å². The number of ether oxygens (including phenoxy) is 1. The van der Waals surface area contributed by atoms with Crippen LogP contribution in [0.5, 0.6) is 11.6 Å². The van der Waals surface area contributed by atoms with Crippen molar-refractivity contribution >= 4 is 39.4 Å². The second-order valence-corrected chi connectivity index (χ2v) is 8.58. The predicted molar refractivity (Wildman–Crippen MR) is 129 cm³/mol. The van der Waals surface area contributed by atoms with Gasteiger partial charge in [-0.2, -0.15) is 0 Å². The average molecular weight is 465 g/mol. The van der Waals surface area contributed by atoms with Crippen LogP contribution in [0.25, 0.3) is 16.6 Å². The van der Waals surface area contributed by atoms with Gasteiger partial charge in [0.25, 0.3) is 5.91 Å². The number of hydrogen-bond acceptors (Lipinski definition) is 8. The van der Waals surface area contributed by atoms with E-state index in [0.717, 1.165) is 43.7 Å². The minimum atomic E-state index is -0.314. The zero-order valence-corrected chi connectivity index (χ0v) is 18.9. The lowest BCUT2D eigenvalue weighted by molar-refractivity contribution is 0.102. The summed E-state index contributed by atoms with van der Waals surface area (Å²) in [5, 5.41) is 20.6. The molecule has 0 atom stereocenters. The Morgan fingerprint density at radius 2 is 2.18 bits per heavy atom. The number of carbonyl (C=O) groups excluding carboxylic acids is 1. The maximum Gasteiger partial charge on any atom is 0.284 e. The number of thiazole rings is 1. The van der Waals surface area contributed by atoms with Gasteiger partial charge in [-0.25, -0.2) is 4.98 Å². The molecule has 5 rings (SSSR count). The molecule has 4 heterocycles. The molecular formula is C23H24N6O3S. The standard InChI is InChI=1S/C23H24N6O3S/c1-32-16-4-3-15-13-29(23(31)17(15)11-16)20-14-33-22(27-20)21(30)26-18-12-25-7-5-19(18)28-9-2-6-24-8-10-28/h3-5,7,11-14,24,31H,2,6,8-10H2,1H3,(H,26,30). The van der Waals surface area contributed by atoms with Crippen LogP contribution in [0, 0.1) is 0 Å². The molecule has 4 aromatic rings. The van der Waals surface area contributed by atoms with Crippen LogP contribution >= 0.6 is 11.3 Å². The molecule has 0 saturated carbocycles. The number of aromatic hydroxyl groups is 1. The van der Waals surface area contributed by atoms with E-state index in [1.54, 1.807) is 41.7 Å². The first kappa shape index (κ1) is 21.2. The van der Waals surface area contributed by atoms with Crippen LogP contribution in [0.1, 0.15) is 16.2 Å². The second kappa shape index (κ2) is 9.08. The van der Waals surface area contributed by atoms with E-state index in [1.165, 1.54) is 11.3 Å². The van der Waals surface area contributed by atoms with Crippen molar-refractivity contribution in [3.63, 3.8) is 0 Å². The molecule has 1 amide bonds. The molecule has 33 heavy (non-hydrogen) atoms. The first-order chi connectivity index (χ1) is 16.1. The Bertz CT molecular complexity index is 1290. The van der Waals surface area contributed by atoms with Crippen molar-refractivity contribution in [3.8, 4) is 17.4 Å². The molecule has 3 N–H and O–H groups in total. The Morgan fingerprint density at radius 1 is 1.27 bits per heavy atom. The number of benzene rings is 1. The van der Waals surface area contributed by atoms with Gasteiger partial charge in [0.1, 0.15) is 5.75 Å². The molecule has 1 saturated heterocycles. The normalized spacial score (nSPS) is 14.3. The van der Waals surface area contributed by atoms with Crippen molar-refractivity contribution in [2.75, 3.05) is 43.5 Å². The van der Waals surface area contributed by atoms with Crippen LogP contribution in [-0.2, 0) is 0 Å². The molecule has 0 spiro atoms. The SMILES string of the molecule is COc1ccc2cn(-c3csc(C(=O)Nc4cnccc4N4CCCNCC4)n3)c(O)c2c1. The summed E-state index contributed by atoms with van der Waals surface area (Å²) in [6.07, 6.45) is 6.22. The molecule has 10 heteroatoms. The second-order valence-electron chi connectivity index (χ2n) is 7.72. The number of anilines is 2. The summed E-state index contributed by atoms with van der Waals surface area (Å²) in [6, 6.07) is 7.39. The van der Waals surface area contributed by atoms with E-state index in [1.807, 2.05) is 18.2 Å². The molecule has 170 valence electrons. The molecule has 3 aromatic heterocycles. The van der Waals surface area contributed by atoms with Crippen molar-refractivity contribution in [1.29, 1.82) is 0 Å². The van der Waals surface area contributed by atoms with Crippen LogP contribution in [0.3, 0.4) is 0 Å². The van der Waals surface area contributed by atoms with Gasteiger partial charge in [-0.1, -0.05) is 0 Å². The zero-order valence-electron chi connectivity index (χ0n) is 18.1. The van der Waals surface area contributed by atoms with Gasteiger partial charge >= 0.3 is 0 Å². The summed E-state index contributed by atoms with van der Waals surface area (Å²) >= 11 is 1.22. The monoisotopic (exact) mass is 464 g/mol. The van der Waals surface area contributed by atoms with Crippen molar-refractivity contribution in [2.24, 2.45) is 0 Å². The smallest absolute Gasteiger partial charge is 0.284 e. The molecule has 1 aliphatic rings. The predicted octanol–water partition coefficient (Wildman–Crippen LogP) is 3.25. The van der Waals surface area contributed by atoms with Gasteiger partial charge in [0, 0.05) is 48.2 Å². The lowest BCUT2D eigenvalue weighted by Crippen LogP contribution is -2.29. The fraction of sp³-hybridized carbons (Fsp3) is 0.261. The lowest BCUT2D eigenvalue weighted by Gasteiger charge is -2.24. The third kappa shape index (κ3) is 4.22. The van der Waals surface area contributed by atoms with E-state index >= 15 is 0 Å². The highest BCUT2D eigenvalue weighted by atomic mass is 32.1. The molecule has 1 aromatic carbocycles. The summed E-state index contributed by atoms with van der Waals surface area (Å²) in [7, 11) is 1.58. The first-order valence-electron chi connectivity index (χ1n) is 10.7. The maximum atomic E-state index is 13.0. The molecule has 0 radical (unpaired) electrons. The van der Waals surface area contributed by atoms with Gasteiger partial charge in [-0.05, 0) is 37.2 Å². The molecule has 9 nitrogen and oxygen atoms in total. The van der Waals surface area contributed by atoms with Gasteiger partial charge in [0.05, 0.1) is 24.7 Å². The van der Waals surface area contributed by atoms with E-state index in [9.17, 15) is 9.90 Å². The minimum absolute atomic E-state index is 0.0467. The van der Waals surface area contributed by atoms with Crippen LogP contribution in [-0.4, -0.2) is 58.8 Å². The summed E-state index contributed by atoms with van der Waals surface area (Å²) in [5.41, 5.74) is 1.60. The fourth-order valence-corrected chi connectivity index (χ4v) is 4.66. The Kier molecular flexibility index (Phi) is 5.84. The number of fused-ring (bicyclic) bond motifs is 1. The van der Waals surface area contributed by atoms with Crippen LogP contribution in [0.4, 0.5) is 11.4 Å². The Morgan fingerprint density at radius 3 is 3.06 bits per heavy atom. The summed E-state index contributed by atoms with van der Waals surface area (Å²) in [6.45, 7) is 3.65. The van der Waals surface area contributed by atoms with E-state index in [2.05, 4.69) is 25.5 Å². The fourth-order valence-electron chi connectivity index (χ4n) is 3.98. The van der Waals surface area contributed by atoms with Crippen LogP contribution < -0.4 is 20.3 Å². The van der Waals surface area contributed by atoms with Crippen molar-refractivity contribution in [1.82, 2.24) is 19.9 Å². The quantitative estimate of drug-likeness (QED) is 0.416. The molecule has 0 unspecified atom stereocenters. The van der Waals surface area contributed by atoms with Gasteiger partial charge in [0.2, 0.25) is 5.88 Å². The lowest BCUT2D eigenvalue weighted by atomic mass is 10.2. The van der Waals surface area contributed by atoms with Crippen molar-refractivity contribution in [2.45, 2.75) is 6.42 Å². The molecule has 0 bridgehead atoms. The number of carbonyl (C=O) groups is 1. The molecular weight excluding hydrogens is 440 g/mol. The number of aromatic nitrogens is 3. The highest BCUT2D eigenvalue weighted by Crippen LogP contribution is 2.33. The third-order valence-electron chi connectivity index (χ3n) is 5.66. The summed E-state index contributed by atoms with van der Waals surface area (Å²) in [5.74, 6) is 0.862.